The first kappa shape index (κ1) is 24.3. The summed E-state index contributed by atoms with van der Waals surface area (Å²) < 4.78 is 37.5. The Morgan fingerprint density at radius 3 is 2.64 bits per heavy atom. The number of hydrogen-bond donors (Lipinski definition) is 1. The second kappa shape index (κ2) is 10.6. The smallest absolute Gasteiger partial charge is 0.215 e. The van der Waals surface area contributed by atoms with Crippen LogP contribution in [-0.4, -0.2) is 59.1 Å². The predicted octanol–water partition coefficient (Wildman–Crippen LogP) is 2.72. The number of aromatic nitrogens is 3. The highest BCUT2D eigenvalue weighted by molar-refractivity contribution is 7.90. The molecule has 1 aromatic heterocycles. The van der Waals surface area contributed by atoms with Crippen LogP contribution in [0.25, 0.3) is 0 Å². The number of hydrogen-bond acceptors (Lipinski definition) is 6. The van der Waals surface area contributed by atoms with Crippen molar-refractivity contribution in [3.05, 3.63) is 54.5 Å². The van der Waals surface area contributed by atoms with Crippen molar-refractivity contribution in [1.29, 1.82) is 0 Å². The van der Waals surface area contributed by atoms with E-state index in [9.17, 15) is 8.42 Å². The molecule has 2 heterocycles. The Bertz CT molecular complexity index is 1000. The van der Waals surface area contributed by atoms with Gasteiger partial charge in [0, 0.05) is 19.0 Å². The molecule has 2 atom stereocenters. The SMILES string of the molecule is [CH2]C1CCn2c(nnc2C(COCc2ccccc2)NS(=O)(=O)C2CC(N(CC)CC)C2)C1. The van der Waals surface area contributed by atoms with Crippen LogP contribution in [0.2, 0.25) is 0 Å². The molecule has 1 aliphatic heterocycles. The first-order valence-corrected chi connectivity index (χ1v) is 13.6. The summed E-state index contributed by atoms with van der Waals surface area (Å²) in [7, 11) is -3.51. The van der Waals surface area contributed by atoms with Gasteiger partial charge >= 0.3 is 0 Å². The Morgan fingerprint density at radius 1 is 1.21 bits per heavy atom. The van der Waals surface area contributed by atoms with Crippen LogP contribution in [0.5, 0.6) is 0 Å². The fourth-order valence-corrected chi connectivity index (χ4v) is 6.54. The number of sulfonamides is 1. The van der Waals surface area contributed by atoms with Crippen LogP contribution < -0.4 is 4.72 Å². The Balaban J connectivity index is 1.47. The lowest BCUT2D eigenvalue weighted by molar-refractivity contribution is 0.100. The van der Waals surface area contributed by atoms with E-state index in [1.807, 2.05) is 34.9 Å². The van der Waals surface area contributed by atoms with Gasteiger partial charge in [-0.25, -0.2) is 13.1 Å². The zero-order chi connectivity index (χ0) is 23.4. The monoisotopic (exact) mass is 474 g/mol. The van der Waals surface area contributed by atoms with Gasteiger partial charge in [0.25, 0.3) is 0 Å². The minimum absolute atomic E-state index is 0.201. The van der Waals surface area contributed by atoms with Crippen molar-refractivity contribution in [1.82, 2.24) is 24.4 Å². The molecule has 0 saturated heterocycles. The van der Waals surface area contributed by atoms with E-state index in [4.69, 9.17) is 4.74 Å². The van der Waals surface area contributed by atoms with Crippen molar-refractivity contribution in [3.8, 4) is 0 Å². The lowest BCUT2D eigenvalue weighted by Gasteiger charge is -2.42. The summed E-state index contributed by atoms with van der Waals surface area (Å²) in [6.07, 6.45) is 3.01. The number of rotatable bonds is 11. The third-order valence-electron chi connectivity index (χ3n) is 6.94. The van der Waals surface area contributed by atoms with Crippen LogP contribution in [0.1, 0.15) is 56.4 Å². The summed E-state index contributed by atoms with van der Waals surface area (Å²) in [5.74, 6) is 1.81. The van der Waals surface area contributed by atoms with Crippen LogP contribution in [0.4, 0.5) is 0 Å². The first-order valence-electron chi connectivity index (χ1n) is 12.0. The van der Waals surface area contributed by atoms with Gasteiger partial charge in [-0.3, -0.25) is 0 Å². The number of benzene rings is 1. The molecule has 1 saturated carbocycles. The fourth-order valence-electron chi connectivity index (χ4n) is 4.83. The van der Waals surface area contributed by atoms with Crippen LogP contribution >= 0.6 is 0 Å². The van der Waals surface area contributed by atoms with E-state index in [0.29, 0.717) is 37.2 Å². The predicted molar refractivity (Wildman–Crippen MR) is 128 cm³/mol. The molecule has 1 fully saturated rings. The molecule has 4 rings (SSSR count). The lowest BCUT2D eigenvalue weighted by atomic mass is 9.91. The average molecular weight is 475 g/mol. The molecular formula is C24H36N5O3S. The number of nitrogens with zero attached hydrogens (tertiary/aromatic N) is 4. The van der Waals surface area contributed by atoms with E-state index >= 15 is 0 Å². The van der Waals surface area contributed by atoms with Crippen molar-refractivity contribution < 1.29 is 13.2 Å². The quantitative estimate of drug-likeness (QED) is 0.539. The van der Waals surface area contributed by atoms with E-state index in [1.165, 1.54) is 0 Å². The van der Waals surface area contributed by atoms with Gasteiger partial charge in [0.05, 0.1) is 18.5 Å². The van der Waals surface area contributed by atoms with Crippen LogP contribution in [0, 0.1) is 12.8 Å². The summed E-state index contributed by atoms with van der Waals surface area (Å²) >= 11 is 0. The molecule has 2 aromatic rings. The molecule has 33 heavy (non-hydrogen) atoms. The lowest BCUT2D eigenvalue weighted by Crippen LogP contribution is -2.53. The standard InChI is InChI=1S/C24H36N5O3S/c1-4-28(5-2)20-14-21(15-20)33(30,31)27-22(17-32-16-19-9-7-6-8-10-19)24-26-25-23-13-18(3)11-12-29(23)24/h6-10,18,20-22,27H,3-5,11-17H2,1-2H3. The Hall–Kier alpha value is -1.81. The van der Waals surface area contributed by atoms with Crippen molar-refractivity contribution in [2.45, 2.75) is 70.0 Å². The third kappa shape index (κ3) is 5.65. The molecule has 181 valence electrons. The Morgan fingerprint density at radius 2 is 1.94 bits per heavy atom. The number of fused-ring (bicyclic) bond motifs is 1. The van der Waals surface area contributed by atoms with Crippen molar-refractivity contribution in [3.63, 3.8) is 0 Å². The fraction of sp³-hybridized carbons (Fsp3) is 0.625. The maximum absolute atomic E-state index is 13.3. The van der Waals surface area contributed by atoms with Gasteiger partial charge < -0.3 is 14.2 Å². The second-order valence-corrected chi connectivity index (χ2v) is 11.2. The van der Waals surface area contributed by atoms with Gasteiger partial charge in [-0.1, -0.05) is 44.2 Å². The maximum Gasteiger partial charge on any atom is 0.215 e. The zero-order valence-electron chi connectivity index (χ0n) is 19.7. The van der Waals surface area contributed by atoms with E-state index in [1.54, 1.807) is 0 Å². The summed E-state index contributed by atoms with van der Waals surface area (Å²) in [5, 5.41) is 8.34. The molecular weight excluding hydrogens is 438 g/mol. The topological polar surface area (TPSA) is 89.3 Å². The first-order chi connectivity index (χ1) is 15.9. The minimum Gasteiger partial charge on any atom is -0.375 e. The van der Waals surface area contributed by atoms with Gasteiger partial charge in [0.15, 0.2) is 5.82 Å². The van der Waals surface area contributed by atoms with Crippen LogP contribution in [0.15, 0.2) is 30.3 Å². The minimum atomic E-state index is -3.51. The molecule has 8 nitrogen and oxygen atoms in total. The molecule has 9 heteroatoms. The molecule has 2 unspecified atom stereocenters. The van der Waals surface area contributed by atoms with Crippen molar-refractivity contribution in [2.24, 2.45) is 5.92 Å². The van der Waals surface area contributed by atoms with Crippen LogP contribution in [0.3, 0.4) is 0 Å². The molecule has 1 aliphatic carbocycles. The van der Waals surface area contributed by atoms with Gasteiger partial charge in [-0.2, -0.15) is 0 Å². The van der Waals surface area contributed by atoms with Gasteiger partial charge in [0.2, 0.25) is 10.0 Å². The zero-order valence-corrected chi connectivity index (χ0v) is 20.5. The Kier molecular flexibility index (Phi) is 7.83. The van der Waals surface area contributed by atoms with Gasteiger partial charge in [0.1, 0.15) is 11.9 Å². The second-order valence-electron chi connectivity index (χ2n) is 9.17. The van der Waals surface area contributed by atoms with E-state index in [-0.39, 0.29) is 11.9 Å². The molecule has 1 aromatic carbocycles. The highest BCUT2D eigenvalue weighted by Gasteiger charge is 2.42. The summed E-state index contributed by atoms with van der Waals surface area (Å²) in [6.45, 7) is 11.6. The molecule has 0 spiro atoms. The molecule has 0 amide bonds. The highest BCUT2D eigenvalue weighted by atomic mass is 32.2. The third-order valence-corrected chi connectivity index (χ3v) is 8.82. The molecule has 2 aliphatic rings. The van der Waals surface area contributed by atoms with Gasteiger partial charge in [-0.15, -0.1) is 10.2 Å². The normalized spacial score (nSPS) is 23.8. The average Bonchev–Trinajstić information content (AvgIpc) is 3.18. The highest BCUT2D eigenvalue weighted by Crippen LogP contribution is 2.32. The van der Waals surface area contributed by atoms with E-state index in [2.05, 4.69) is 40.6 Å². The van der Waals surface area contributed by atoms with E-state index in [0.717, 1.165) is 43.9 Å². The molecule has 0 bridgehead atoms. The summed E-state index contributed by atoms with van der Waals surface area (Å²) in [4.78, 5) is 2.33. The number of ether oxygens (including phenoxy) is 1. The maximum atomic E-state index is 13.3. The number of nitrogens with one attached hydrogen (secondary N) is 1. The van der Waals surface area contributed by atoms with Crippen LogP contribution in [-0.2, 0) is 34.3 Å². The van der Waals surface area contributed by atoms with E-state index < -0.39 is 16.1 Å². The van der Waals surface area contributed by atoms with Crippen molar-refractivity contribution in [2.75, 3.05) is 19.7 Å². The molecule has 1 radical (unpaired) electrons. The largest absolute Gasteiger partial charge is 0.375 e. The summed E-state index contributed by atoms with van der Waals surface area (Å²) in [5.41, 5.74) is 1.04. The Labute approximate surface area is 197 Å². The van der Waals surface area contributed by atoms with Crippen molar-refractivity contribution >= 4 is 10.0 Å². The summed E-state index contributed by atoms with van der Waals surface area (Å²) in [6, 6.07) is 9.64. The molecule has 1 N–H and O–H groups in total. The van der Waals surface area contributed by atoms with Gasteiger partial charge in [-0.05, 0) is 50.8 Å².